The van der Waals surface area contributed by atoms with E-state index in [2.05, 4.69) is 33.0 Å². The largest absolute Gasteiger partial charge is 1.00 e. The average molecular weight is 606 g/mol. The summed E-state index contributed by atoms with van der Waals surface area (Å²) >= 11 is 0. The first-order valence-corrected chi connectivity index (χ1v) is 14.9. The number of methoxy groups -OCH3 is 2. The monoisotopic (exact) mass is 605 g/mol. The van der Waals surface area contributed by atoms with Crippen molar-refractivity contribution in [1.82, 2.24) is 0 Å². The molecule has 0 saturated carbocycles. The maximum Gasteiger partial charge on any atom is 1.00 e. The second-order valence-corrected chi connectivity index (χ2v) is 11.8. The quantitative estimate of drug-likeness (QED) is 0.153. The number of rotatable bonds is 17. The van der Waals surface area contributed by atoms with E-state index < -0.39 is 11.9 Å². The number of aliphatic carboxylic acids is 1. The van der Waals surface area contributed by atoms with Crippen LogP contribution < -0.4 is 39.0 Å². The van der Waals surface area contributed by atoms with Crippen LogP contribution in [0.4, 0.5) is 5.69 Å². The van der Waals surface area contributed by atoms with Crippen LogP contribution >= 0.6 is 0 Å². The number of benzene rings is 2. The summed E-state index contributed by atoms with van der Waals surface area (Å²) in [6, 6.07) is 11.8. The third-order valence-electron chi connectivity index (χ3n) is 7.28. The standard InChI is InChI=1S/C34H49NO7.Na/c1-8-9-10-12-25(26-13-11-14-29(40-6)33(26)41-7)22-30(36)35-28-21-24(17-18-27(28)34(3,4)5)16-15-23(2)42-32(39)20-19-31(37)38;/h11,13-14,17-18,21,23,25H,8-10,12,15-16,19-20,22H2,1-7H3,(H2,35,36,37,38);/q;+1/p-1. The molecule has 2 aromatic carbocycles. The number of para-hydroxylation sites is 1. The van der Waals surface area contributed by atoms with Gasteiger partial charge in [0.05, 0.1) is 39.1 Å². The van der Waals surface area contributed by atoms with Gasteiger partial charge in [0.1, 0.15) is 0 Å². The number of carbonyl (C=O) groups is 3. The number of unbranched alkanes of at least 4 members (excludes halogenated alkanes) is 2. The normalized spacial score (nSPS) is 12.4. The van der Waals surface area contributed by atoms with Gasteiger partial charge in [0.15, 0.2) is 11.5 Å². The molecule has 0 aliphatic carbocycles. The molecular weight excluding hydrogens is 557 g/mol. The summed E-state index contributed by atoms with van der Waals surface area (Å²) in [5, 5.41) is 13.4. The van der Waals surface area contributed by atoms with Crippen LogP contribution in [0.3, 0.4) is 0 Å². The smallest absolute Gasteiger partial charge is 0.627 e. The maximum absolute atomic E-state index is 13.5. The molecule has 1 N–H and O–H groups in total. The van der Waals surface area contributed by atoms with Crippen LogP contribution in [0.25, 0.3) is 5.32 Å². The minimum atomic E-state index is -1.03. The van der Waals surface area contributed by atoms with Crippen molar-refractivity contribution in [3.05, 3.63) is 58.4 Å². The Labute approximate surface area is 279 Å². The zero-order chi connectivity index (χ0) is 31.3. The Morgan fingerprint density at radius 3 is 2.30 bits per heavy atom. The Kier molecular flexibility index (Phi) is 17.0. The third-order valence-corrected chi connectivity index (χ3v) is 7.28. The number of ether oxygens (including phenoxy) is 3. The fourth-order valence-corrected chi connectivity index (χ4v) is 5.01. The number of esters is 1. The summed E-state index contributed by atoms with van der Waals surface area (Å²) in [4.78, 5) is 36.1. The van der Waals surface area contributed by atoms with E-state index in [1.807, 2.05) is 36.4 Å². The van der Waals surface area contributed by atoms with Crippen LogP contribution in [-0.2, 0) is 31.0 Å². The van der Waals surface area contributed by atoms with E-state index in [1.54, 1.807) is 21.1 Å². The fourth-order valence-electron chi connectivity index (χ4n) is 5.01. The molecule has 9 heteroatoms. The topological polar surface area (TPSA) is 113 Å². The summed E-state index contributed by atoms with van der Waals surface area (Å²) in [6.07, 6.45) is 4.69. The van der Waals surface area contributed by atoms with E-state index >= 15 is 0 Å². The van der Waals surface area contributed by atoms with Gasteiger partial charge in [-0.05, 0) is 55.6 Å². The summed E-state index contributed by atoms with van der Waals surface area (Å²) in [5.41, 5.74) is 3.35. The van der Waals surface area contributed by atoms with Gasteiger partial charge < -0.3 is 29.4 Å². The maximum atomic E-state index is 13.5. The summed E-state index contributed by atoms with van der Waals surface area (Å²) in [5.74, 6) is -0.496. The number of aryl methyl sites for hydroxylation is 1. The molecule has 2 aromatic rings. The van der Waals surface area contributed by atoms with Gasteiger partial charge in [-0.25, -0.2) is 0 Å². The van der Waals surface area contributed by atoms with E-state index in [9.17, 15) is 14.4 Å². The molecule has 0 bridgehead atoms. The molecule has 0 spiro atoms. The van der Waals surface area contributed by atoms with Gasteiger partial charge >= 0.3 is 41.5 Å². The molecule has 0 aromatic heterocycles. The second-order valence-electron chi connectivity index (χ2n) is 11.8. The van der Waals surface area contributed by atoms with E-state index in [1.165, 1.54) is 0 Å². The van der Waals surface area contributed by atoms with Crippen LogP contribution in [0.5, 0.6) is 11.5 Å². The average Bonchev–Trinajstić information content (AvgIpc) is 2.93. The van der Waals surface area contributed by atoms with Gasteiger partial charge in [0, 0.05) is 5.56 Å². The molecule has 0 saturated heterocycles. The summed E-state index contributed by atoms with van der Waals surface area (Å²) < 4.78 is 16.6. The fraction of sp³-hybridized carbons (Fsp3) is 0.559. The van der Waals surface area contributed by atoms with Crippen molar-refractivity contribution in [2.75, 3.05) is 14.2 Å². The zero-order valence-corrected chi connectivity index (χ0v) is 29.3. The Balaban J connectivity index is 0.00000924. The van der Waals surface area contributed by atoms with Crippen molar-refractivity contribution in [2.24, 2.45) is 0 Å². The Bertz CT molecular complexity index is 1190. The van der Waals surface area contributed by atoms with Crippen molar-refractivity contribution < 1.29 is 63.3 Å². The molecule has 0 fully saturated rings. The predicted molar refractivity (Wildman–Crippen MR) is 165 cm³/mol. The number of carbonyl (C=O) groups excluding carboxylic acids is 2. The first kappa shape index (κ1) is 38.5. The zero-order valence-electron chi connectivity index (χ0n) is 27.3. The van der Waals surface area contributed by atoms with Crippen molar-refractivity contribution in [1.29, 1.82) is 0 Å². The van der Waals surface area contributed by atoms with E-state index in [0.717, 1.165) is 42.4 Å². The van der Waals surface area contributed by atoms with Gasteiger partial charge in [-0.3, -0.25) is 9.59 Å². The van der Waals surface area contributed by atoms with Crippen molar-refractivity contribution in [3.63, 3.8) is 0 Å². The SMILES string of the molecule is CCCCCC(CC(=O)[N-]c1cc(CCC(C)OC(=O)CCC(=O)O)ccc1C(C)(C)C)c1cccc(OC)c1OC.[Na+]. The van der Waals surface area contributed by atoms with Crippen LogP contribution in [0.15, 0.2) is 36.4 Å². The molecule has 8 nitrogen and oxygen atoms in total. The van der Waals surface area contributed by atoms with Gasteiger partial charge in [-0.1, -0.05) is 82.9 Å². The molecule has 1 amide bonds. The van der Waals surface area contributed by atoms with E-state index in [4.69, 9.17) is 19.3 Å². The summed E-state index contributed by atoms with van der Waals surface area (Å²) in [7, 11) is 3.23. The Hall–Kier alpha value is -2.55. The first-order chi connectivity index (χ1) is 19.9. The van der Waals surface area contributed by atoms with Crippen molar-refractivity contribution >= 4 is 23.5 Å². The Morgan fingerprint density at radius 1 is 0.977 bits per heavy atom. The van der Waals surface area contributed by atoms with Crippen molar-refractivity contribution in [3.8, 4) is 11.5 Å². The summed E-state index contributed by atoms with van der Waals surface area (Å²) in [6.45, 7) is 10.2. The van der Waals surface area contributed by atoms with Crippen LogP contribution in [-0.4, -0.2) is 43.3 Å². The number of amides is 1. The second kappa shape index (κ2) is 19.0. The molecule has 43 heavy (non-hydrogen) atoms. The van der Waals surface area contributed by atoms with Gasteiger partial charge in [0.25, 0.3) is 0 Å². The molecule has 232 valence electrons. The molecule has 0 heterocycles. The first-order valence-electron chi connectivity index (χ1n) is 14.9. The predicted octanol–water partition coefficient (Wildman–Crippen LogP) is 5.02. The molecule has 0 aliphatic heterocycles. The number of nitrogens with zero attached hydrogens (tertiary/aromatic N) is 1. The third kappa shape index (κ3) is 12.9. The van der Waals surface area contributed by atoms with Gasteiger partial charge in [-0.15, -0.1) is 5.69 Å². The van der Waals surface area contributed by atoms with E-state index in [-0.39, 0.29) is 72.2 Å². The molecule has 0 aliphatic rings. The van der Waals surface area contributed by atoms with Crippen LogP contribution in [0, 0.1) is 0 Å². The molecule has 2 rings (SSSR count). The number of hydrogen-bond acceptors (Lipinski definition) is 6. The molecular formula is C34H48NNaO7. The number of carboxylic acids is 1. The van der Waals surface area contributed by atoms with Crippen LogP contribution in [0.1, 0.15) is 109 Å². The number of hydrogen-bond donors (Lipinski definition) is 1. The van der Waals surface area contributed by atoms with Gasteiger partial charge in [-0.2, -0.15) is 0 Å². The van der Waals surface area contributed by atoms with Crippen LogP contribution in [0.2, 0.25) is 0 Å². The minimum Gasteiger partial charge on any atom is -0.627 e. The Morgan fingerprint density at radius 2 is 1.70 bits per heavy atom. The van der Waals surface area contributed by atoms with Crippen molar-refractivity contribution in [2.45, 2.75) is 110 Å². The molecule has 2 unspecified atom stereocenters. The van der Waals surface area contributed by atoms with E-state index in [0.29, 0.717) is 30.0 Å². The molecule has 2 atom stereocenters. The number of carboxylic acid groups (broad SMARTS) is 1. The minimum absolute atomic E-state index is 0. The van der Waals surface area contributed by atoms with Gasteiger partial charge in [0.2, 0.25) is 0 Å². The molecule has 0 radical (unpaired) electrons.